The molecule has 0 aliphatic carbocycles. The van der Waals surface area contributed by atoms with Crippen molar-refractivity contribution in [2.75, 3.05) is 0 Å². The third kappa shape index (κ3) is 3.50. The van der Waals surface area contributed by atoms with Crippen LogP contribution in [-0.2, 0) is 0 Å². The Balaban J connectivity index is 2.78. The van der Waals surface area contributed by atoms with Gasteiger partial charge in [-0.05, 0) is 17.5 Å². The van der Waals surface area contributed by atoms with Crippen LogP contribution in [0.4, 0.5) is 0 Å². The average molecular weight is 204 g/mol. The lowest BCUT2D eigenvalue weighted by Crippen LogP contribution is -2.22. The van der Waals surface area contributed by atoms with E-state index < -0.39 is 8.07 Å². The predicted octanol–water partition coefficient (Wildman–Crippen LogP) is 4.29. The minimum absolute atomic E-state index is 0.544. The van der Waals surface area contributed by atoms with Gasteiger partial charge in [0.05, 0.1) is 0 Å². The highest BCUT2D eigenvalue weighted by Crippen LogP contribution is 2.27. The van der Waals surface area contributed by atoms with E-state index >= 15 is 0 Å². The highest BCUT2D eigenvalue weighted by molar-refractivity contribution is 6.76. The van der Waals surface area contributed by atoms with Gasteiger partial charge < -0.3 is 0 Å². The molecule has 1 aromatic rings. The minimum atomic E-state index is -0.995. The van der Waals surface area contributed by atoms with Crippen LogP contribution in [0.1, 0.15) is 11.5 Å². The van der Waals surface area contributed by atoms with Crippen molar-refractivity contribution in [1.29, 1.82) is 0 Å². The number of rotatable bonds is 4. The summed E-state index contributed by atoms with van der Waals surface area (Å²) in [5.41, 5.74) is 1.41. The third-order valence-corrected chi connectivity index (χ3v) is 4.01. The number of hydrogen-bond acceptors (Lipinski definition) is 0. The molecule has 0 saturated carbocycles. The van der Waals surface area contributed by atoms with Crippen LogP contribution in [-0.4, -0.2) is 8.07 Å². The van der Waals surface area contributed by atoms with Gasteiger partial charge in [0, 0.05) is 8.07 Å². The topological polar surface area (TPSA) is 0 Å². The quantitative estimate of drug-likeness (QED) is 0.507. The Hall–Kier alpha value is -0.823. The lowest BCUT2D eigenvalue weighted by atomic mass is 10.0. The predicted molar refractivity (Wildman–Crippen MR) is 67.5 cm³/mol. The standard InChI is InChI=1S/C13H20Si/c1-5-12(11-14(2,3)4)13-9-7-6-8-10-13/h5-10,12H,1,11H2,2-4H3. The van der Waals surface area contributed by atoms with Gasteiger partial charge in [0.15, 0.2) is 0 Å². The summed E-state index contributed by atoms with van der Waals surface area (Å²) in [6.45, 7) is 11.2. The van der Waals surface area contributed by atoms with E-state index in [0.29, 0.717) is 5.92 Å². The van der Waals surface area contributed by atoms with Crippen LogP contribution in [0.3, 0.4) is 0 Å². The molecule has 1 aromatic carbocycles. The largest absolute Gasteiger partial charge is 0.102 e. The Morgan fingerprint density at radius 1 is 1.21 bits per heavy atom. The van der Waals surface area contributed by atoms with Gasteiger partial charge in [0.25, 0.3) is 0 Å². The molecule has 0 N–H and O–H groups in total. The van der Waals surface area contributed by atoms with Gasteiger partial charge in [-0.1, -0.05) is 56.0 Å². The maximum absolute atomic E-state index is 3.94. The van der Waals surface area contributed by atoms with Crippen molar-refractivity contribution >= 4 is 8.07 Å². The summed E-state index contributed by atoms with van der Waals surface area (Å²) in [4.78, 5) is 0. The molecule has 1 rings (SSSR count). The maximum atomic E-state index is 3.94. The van der Waals surface area contributed by atoms with E-state index in [2.05, 4.69) is 62.6 Å². The number of benzene rings is 1. The zero-order valence-electron chi connectivity index (χ0n) is 9.46. The molecule has 0 aliphatic heterocycles. The van der Waals surface area contributed by atoms with E-state index in [0.717, 1.165) is 0 Å². The molecule has 0 aliphatic rings. The molecule has 0 amide bonds. The number of allylic oxidation sites excluding steroid dienone is 1. The van der Waals surface area contributed by atoms with Crippen LogP contribution in [0.25, 0.3) is 0 Å². The van der Waals surface area contributed by atoms with Gasteiger partial charge >= 0.3 is 0 Å². The molecule has 0 fully saturated rings. The first-order chi connectivity index (χ1) is 6.53. The molecule has 76 valence electrons. The molecule has 0 nitrogen and oxygen atoms in total. The molecule has 0 radical (unpaired) electrons. The first kappa shape index (κ1) is 11.3. The van der Waals surface area contributed by atoms with Crippen LogP contribution < -0.4 is 0 Å². The molecule has 0 saturated heterocycles. The normalized spacial score (nSPS) is 13.6. The van der Waals surface area contributed by atoms with E-state index in [-0.39, 0.29) is 0 Å². The van der Waals surface area contributed by atoms with Crippen molar-refractivity contribution in [3.05, 3.63) is 48.6 Å². The monoisotopic (exact) mass is 204 g/mol. The van der Waals surface area contributed by atoms with Gasteiger partial charge in [-0.15, -0.1) is 6.58 Å². The maximum Gasteiger partial charge on any atom is 0.0451 e. The molecule has 1 heteroatoms. The van der Waals surface area contributed by atoms with Crippen molar-refractivity contribution in [2.45, 2.75) is 31.6 Å². The second-order valence-corrected chi connectivity index (χ2v) is 10.5. The summed E-state index contributed by atoms with van der Waals surface area (Å²) in [6.07, 6.45) is 2.09. The molecule has 0 bridgehead atoms. The minimum Gasteiger partial charge on any atom is -0.102 e. The number of hydrogen-bond donors (Lipinski definition) is 0. The summed E-state index contributed by atoms with van der Waals surface area (Å²) in [7, 11) is -0.995. The van der Waals surface area contributed by atoms with Crippen LogP contribution >= 0.6 is 0 Å². The molecule has 14 heavy (non-hydrogen) atoms. The van der Waals surface area contributed by atoms with Crippen molar-refractivity contribution in [3.63, 3.8) is 0 Å². The summed E-state index contributed by atoms with van der Waals surface area (Å²) in [5, 5.41) is 0. The van der Waals surface area contributed by atoms with Gasteiger partial charge in [-0.25, -0.2) is 0 Å². The van der Waals surface area contributed by atoms with Crippen molar-refractivity contribution < 1.29 is 0 Å². The molecular weight excluding hydrogens is 184 g/mol. The van der Waals surface area contributed by atoms with E-state index in [4.69, 9.17) is 0 Å². The molecule has 0 aromatic heterocycles. The van der Waals surface area contributed by atoms with E-state index in [1.54, 1.807) is 0 Å². The highest BCUT2D eigenvalue weighted by atomic mass is 28.3. The SMILES string of the molecule is C=CC(C[Si](C)(C)C)c1ccccc1. The Morgan fingerprint density at radius 3 is 2.21 bits per heavy atom. The van der Waals surface area contributed by atoms with Crippen LogP contribution in [0.2, 0.25) is 25.7 Å². The first-order valence-corrected chi connectivity index (χ1v) is 8.91. The van der Waals surface area contributed by atoms with Gasteiger partial charge in [-0.2, -0.15) is 0 Å². The molecule has 0 spiro atoms. The van der Waals surface area contributed by atoms with E-state index in [1.807, 2.05) is 0 Å². The third-order valence-electron chi connectivity index (χ3n) is 2.34. The Bertz CT molecular complexity index is 282. The Morgan fingerprint density at radius 2 is 1.79 bits per heavy atom. The lowest BCUT2D eigenvalue weighted by molar-refractivity contribution is 0.942. The average Bonchev–Trinajstić information content (AvgIpc) is 2.14. The molecular formula is C13H20Si. The summed E-state index contributed by atoms with van der Waals surface area (Å²) >= 11 is 0. The Labute approximate surface area is 88.7 Å². The fraction of sp³-hybridized carbons (Fsp3) is 0.385. The zero-order valence-corrected chi connectivity index (χ0v) is 10.5. The van der Waals surface area contributed by atoms with Crippen LogP contribution in [0.5, 0.6) is 0 Å². The summed E-state index contributed by atoms with van der Waals surface area (Å²) in [6, 6.07) is 12.0. The zero-order chi connectivity index (χ0) is 10.6. The second kappa shape index (κ2) is 4.60. The molecule has 1 atom stereocenters. The summed E-state index contributed by atoms with van der Waals surface area (Å²) < 4.78 is 0. The van der Waals surface area contributed by atoms with Crippen molar-refractivity contribution in [1.82, 2.24) is 0 Å². The fourth-order valence-electron chi connectivity index (χ4n) is 1.70. The summed E-state index contributed by atoms with van der Waals surface area (Å²) in [5.74, 6) is 0.544. The van der Waals surface area contributed by atoms with Crippen molar-refractivity contribution in [3.8, 4) is 0 Å². The highest BCUT2D eigenvalue weighted by Gasteiger charge is 2.19. The second-order valence-electron chi connectivity index (χ2n) is 5.02. The first-order valence-electron chi connectivity index (χ1n) is 5.20. The van der Waals surface area contributed by atoms with E-state index in [1.165, 1.54) is 11.6 Å². The van der Waals surface area contributed by atoms with Crippen LogP contribution in [0, 0.1) is 0 Å². The fourth-order valence-corrected chi connectivity index (χ4v) is 3.42. The molecule has 1 unspecified atom stereocenters. The molecule has 0 heterocycles. The van der Waals surface area contributed by atoms with E-state index in [9.17, 15) is 0 Å². The smallest absolute Gasteiger partial charge is 0.0451 e. The van der Waals surface area contributed by atoms with Crippen molar-refractivity contribution in [2.24, 2.45) is 0 Å². The van der Waals surface area contributed by atoms with Gasteiger partial charge in [0.2, 0.25) is 0 Å². The lowest BCUT2D eigenvalue weighted by Gasteiger charge is -2.22. The van der Waals surface area contributed by atoms with Gasteiger partial charge in [0.1, 0.15) is 0 Å². The van der Waals surface area contributed by atoms with Gasteiger partial charge in [-0.3, -0.25) is 0 Å². The van der Waals surface area contributed by atoms with Crippen LogP contribution in [0.15, 0.2) is 43.0 Å². The Kier molecular flexibility index (Phi) is 3.70.